The van der Waals surface area contributed by atoms with Gasteiger partial charge in [0.15, 0.2) is 5.16 Å². The van der Waals surface area contributed by atoms with Crippen LogP contribution in [0, 0.1) is 6.92 Å². The molecule has 8 heteroatoms. The first kappa shape index (κ1) is 18.6. The van der Waals surface area contributed by atoms with Gasteiger partial charge in [0, 0.05) is 11.9 Å². The van der Waals surface area contributed by atoms with E-state index in [1.165, 1.54) is 28.6 Å². The third kappa shape index (κ3) is 3.30. The fourth-order valence-corrected chi connectivity index (χ4v) is 6.09. The van der Waals surface area contributed by atoms with Gasteiger partial charge in [-0.3, -0.25) is 14.0 Å². The molecule has 1 aliphatic rings. The second-order valence-corrected chi connectivity index (χ2v) is 9.38. The van der Waals surface area contributed by atoms with Gasteiger partial charge in [-0.1, -0.05) is 29.5 Å². The highest BCUT2D eigenvalue weighted by Gasteiger charge is 2.23. The second kappa shape index (κ2) is 7.42. The quantitative estimate of drug-likeness (QED) is 0.366. The Morgan fingerprint density at radius 2 is 1.97 bits per heavy atom. The molecule has 0 atom stereocenters. The van der Waals surface area contributed by atoms with Crippen molar-refractivity contribution in [3.8, 4) is 5.69 Å². The van der Waals surface area contributed by atoms with Crippen molar-refractivity contribution in [1.29, 1.82) is 0 Å². The van der Waals surface area contributed by atoms with Gasteiger partial charge in [0.05, 0.1) is 16.8 Å². The molecule has 0 amide bonds. The minimum atomic E-state index is 0.0405. The summed E-state index contributed by atoms with van der Waals surface area (Å²) in [4.78, 5) is 25.1. The predicted molar refractivity (Wildman–Crippen MR) is 117 cm³/mol. The number of hydrogen-bond donors (Lipinski definition) is 0. The van der Waals surface area contributed by atoms with Crippen molar-refractivity contribution in [2.45, 2.75) is 43.5 Å². The van der Waals surface area contributed by atoms with Crippen LogP contribution in [0.3, 0.4) is 0 Å². The molecule has 0 N–H and O–H groups in total. The van der Waals surface area contributed by atoms with Gasteiger partial charge in [0.25, 0.3) is 5.56 Å². The van der Waals surface area contributed by atoms with Crippen molar-refractivity contribution in [2.24, 2.45) is 7.05 Å². The molecule has 0 radical (unpaired) electrons. The minimum Gasteiger partial charge on any atom is -0.268 e. The molecule has 3 aromatic heterocycles. The molecule has 148 valence electrons. The maximum atomic E-state index is 13.7. The van der Waals surface area contributed by atoms with Gasteiger partial charge < -0.3 is 0 Å². The molecule has 1 aliphatic carbocycles. The summed E-state index contributed by atoms with van der Waals surface area (Å²) < 4.78 is 3.52. The van der Waals surface area contributed by atoms with Gasteiger partial charge in [-0.05, 0) is 50.3 Å². The molecule has 1 aromatic carbocycles. The molecule has 0 bridgehead atoms. The first-order valence-electron chi connectivity index (χ1n) is 9.72. The summed E-state index contributed by atoms with van der Waals surface area (Å²) in [5, 5.41) is 5.65. The number of benzene rings is 1. The van der Waals surface area contributed by atoms with E-state index >= 15 is 0 Å². The lowest BCUT2D eigenvalue weighted by atomic mass is 9.97. The third-order valence-corrected chi connectivity index (χ3v) is 7.51. The van der Waals surface area contributed by atoms with Crippen molar-refractivity contribution < 1.29 is 0 Å². The molecular formula is C21H21N5OS2. The van der Waals surface area contributed by atoms with Gasteiger partial charge in [-0.15, -0.1) is 11.3 Å². The zero-order valence-electron chi connectivity index (χ0n) is 16.4. The van der Waals surface area contributed by atoms with Gasteiger partial charge in [0.2, 0.25) is 0 Å². The predicted octanol–water partition coefficient (Wildman–Crippen LogP) is 4.06. The molecule has 0 unspecified atom stereocenters. The molecule has 0 aliphatic heterocycles. The Morgan fingerprint density at radius 3 is 2.72 bits per heavy atom. The Morgan fingerprint density at radius 1 is 1.17 bits per heavy atom. The van der Waals surface area contributed by atoms with E-state index < -0.39 is 0 Å². The maximum absolute atomic E-state index is 13.7. The van der Waals surface area contributed by atoms with E-state index in [2.05, 4.69) is 10.1 Å². The highest BCUT2D eigenvalue weighted by molar-refractivity contribution is 7.98. The summed E-state index contributed by atoms with van der Waals surface area (Å²) in [7, 11) is 1.87. The van der Waals surface area contributed by atoms with E-state index in [1.807, 2.05) is 38.2 Å². The number of aromatic nitrogens is 5. The first-order chi connectivity index (χ1) is 14.1. The minimum absolute atomic E-state index is 0.0405. The molecule has 29 heavy (non-hydrogen) atoms. The van der Waals surface area contributed by atoms with Crippen molar-refractivity contribution in [2.75, 3.05) is 0 Å². The van der Waals surface area contributed by atoms with Gasteiger partial charge in [-0.2, -0.15) is 5.10 Å². The van der Waals surface area contributed by atoms with E-state index in [1.54, 1.807) is 26.9 Å². The summed E-state index contributed by atoms with van der Waals surface area (Å²) in [5.74, 6) is 1.45. The van der Waals surface area contributed by atoms with Crippen LogP contribution in [0.5, 0.6) is 0 Å². The van der Waals surface area contributed by atoms with Crippen molar-refractivity contribution in [3.63, 3.8) is 0 Å². The molecule has 0 fully saturated rings. The number of fused-ring (bicyclic) bond motifs is 3. The SMILES string of the molecule is Cc1ccc(-n2c(SCc3ncnn3C)nc3sc4c(c3c2=O)CCCC4)cc1. The Kier molecular flexibility index (Phi) is 4.75. The number of aryl methyl sites for hydroxylation is 4. The number of hydrogen-bond acceptors (Lipinski definition) is 6. The third-order valence-electron chi connectivity index (χ3n) is 5.39. The van der Waals surface area contributed by atoms with Crippen LogP contribution >= 0.6 is 23.1 Å². The summed E-state index contributed by atoms with van der Waals surface area (Å²) in [5.41, 5.74) is 3.28. The van der Waals surface area contributed by atoms with Gasteiger partial charge in [-0.25, -0.2) is 9.97 Å². The number of rotatable bonds is 4. The Hall–Kier alpha value is -2.45. The fraction of sp³-hybridized carbons (Fsp3) is 0.333. The van der Waals surface area contributed by atoms with Crippen LogP contribution < -0.4 is 5.56 Å². The van der Waals surface area contributed by atoms with E-state index in [9.17, 15) is 4.79 Å². The average Bonchev–Trinajstić information content (AvgIpc) is 3.30. The number of thioether (sulfide) groups is 1. The van der Waals surface area contributed by atoms with E-state index in [4.69, 9.17) is 4.98 Å². The van der Waals surface area contributed by atoms with Crippen molar-refractivity contribution in [3.05, 3.63) is 62.8 Å². The molecule has 5 rings (SSSR count). The standard InChI is InChI=1S/C21H21N5OS2/c1-13-7-9-14(10-8-13)26-20(27)18-15-5-3-4-6-16(15)29-19(18)24-21(26)28-11-17-22-12-23-25(17)2/h7-10,12H,3-6,11H2,1-2H3. The largest absolute Gasteiger partial charge is 0.268 e. The van der Waals surface area contributed by atoms with Crippen LogP contribution in [-0.4, -0.2) is 24.3 Å². The maximum Gasteiger partial charge on any atom is 0.267 e. The summed E-state index contributed by atoms with van der Waals surface area (Å²) in [6, 6.07) is 8.06. The molecule has 0 saturated carbocycles. The molecule has 4 aromatic rings. The van der Waals surface area contributed by atoms with Crippen molar-refractivity contribution >= 4 is 33.3 Å². The topological polar surface area (TPSA) is 65.6 Å². The number of thiophene rings is 1. The molecule has 6 nitrogen and oxygen atoms in total. The lowest BCUT2D eigenvalue weighted by Crippen LogP contribution is -2.22. The van der Waals surface area contributed by atoms with E-state index in [0.717, 1.165) is 46.6 Å². The van der Waals surface area contributed by atoms with Crippen molar-refractivity contribution in [1.82, 2.24) is 24.3 Å². The molecule has 0 spiro atoms. The molecule has 3 heterocycles. The molecular weight excluding hydrogens is 402 g/mol. The van der Waals surface area contributed by atoms with Gasteiger partial charge in [0.1, 0.15) is 17.0 Å². The van der Waals surface area contributed by atoms with Crippen LogP contribution in [0.25, 0.3) is 15.9 Å². The highest BCUT2D eigenvalue weighted by Crippen LogP contribution is 2.35. The first-order valence-corrected chi connectivity index (χ1v) is 11.5. The highest BCUT2D eigenvalue weighted by atomic mass is 32.2. The number of nitrogens with zero attached hydrogens (tertiary/aromatic N) is 5. The zero-order chi connectivity index (χ0) is 20.0. The zero-order valence-corrected chi connectivity index (χ0v) is 18.0. The lowest BCUT2D eigenvalue weighted by Gasteiger charge is -2.13. The summed E-state index contributed by atoms with van der Waals surface area (Å²) in [6.45, 7) is 2.05. The van der Waals surface area contributed by atoms with Crippen LogP contribution in [-0.2, 0) is 25.6 Å². The summed E-state index contributed by atoms with van der Waals surface area (Å²) in [6.07, 6.45) is 5.92. The van der Waals surface area contributed by atoms with Crippen LogP contribution in [0.15, 0.2) is 40.5 Å². The summed E-state index contributed by atoms with van der Waals surface area (Å²) >= 11 is 3.22. The molecule has 0 saturated heterocycles. The second-order valence-electron chi connectivity index (χ2n) is 7.35. The van der Waals surface area contributed by atoms with Crippen LogP contribution in [0.2, 0.25) is 0 Å². The average molecular weight is 424 g/mol. The van der Waals surface area contributed by atoms with E-state index in [0.29, 0.717) is 10.9 Å². The Bertz CT molecular complexity index is 1250. The van der Waals surface area contributed by atoms with E-state index in [-0.39, 0.29) is 5.56 Å². The Balaban J connectivity index is 1.69. The lowest BCUT2D eigenvalue weighted by molar-refractivity contribution is 0.699. The van der Waals surface area contributed by atoms with Gasteiger partial charge >= 0.3 is 0 Å². The normalized spacial score (nSPS) is 13.7. The van der Waals surface area contributed by atoms with Crippen LogP contribution in [0.1, 0.15) is 34.7 Å². The van der Waals surface area contributed by atoms with Crippen LogP contribution in [0.4, 0.5) is 0 Å². The fourth-order valence-electron chi connectivity index (χ4n) is 3.78. The Labute approximate surface area is 176 Å². The monoisotopic (exact) mass is 423 g/mol. The smallest absolute Gasteiger partial charge is 0.267 e.